The number of piperidine rings is 1. The van der Waals surface area contributed by atoms with Gasteiger partial charge in [0.15, 0.2) is 0 Å². The quantitative estimate of drug-likeness (QED) is 0.586. The SMILES string of the molecule is CSc1ccc([C@@H]2CN3CCC[C@H]3c3ccc(CCN4CCCCC4)cc32)cc1. The number of thioether (sulfide) groups is 1. The smallest absolute Gasteiger partial charge is 0.0351 e. The summed E-state index contributed by atoms with van der Waals surface area (Å²) in [7, 11) is 0. The number of rotatable bonds is 5. The van der Waals surface area contributed by atoms with E-state index in [0.717, 1.165) is 0 Å². The normalized spacial score (nSPS) is 25.0. The van der Waals surface area contributed by atoms with Crippen LogP contribution in [-0.2, 0) is 6.42 Å². The Morgan fingerprint density at radius 2 is 1.72 bits per heavy atom. The largest absolute Gasteiger partial charge is 0.303 e. The summed E-state index contributed by atoms with van der Waals surface area (Å²) < 4.78 is 0. The zero-order chi connectivity index (χ0) is 19.6. The number of fused-ring (bicyclic) bond motifs is 3. The highest BCUT2D eigenvalue weighted by atomic mass is 32.2. The molecule has 3 heterocycles. The fraction of sp³-hybridized carbons (Fsp3) is 0.538. The molecular formula is C26H34N2S. The standard InChI is InChI=1S/C26H34N2S/c1-29-22-10-8-21(9-11-22)25-19-28-16-5-6-26(28)23-12-7-20(18-24(23)25)13-17-27-14-3-2-4-15-27/h7-12,18,25-26H,2-6,13-17,19H2,1H3/t25-,26-/m0/s1. The molecule has 2 aromatic carbocycles. The summed E-state index contributed by atoms with van der Waals surface area (Å²) in [5.74, 6) is 0.519. The zero-order valence-electron chi connectivity index (χ0n) is 17.8. The van der Waals surface area contributed by atoms with Crippen LogP contribution in [-0.4, -0.2) is 48.8 Å². The zero-order valence-corrected chi connectivity index (χ0v) is 18.6. The highest BCUT2D eigenvalue weighted by Crippen LogP contribution is 2.44. The van der Waals surface area contributed by atoms with Gasteiger partial charge in [-0.25, -0.2) is 0 Å². The molecule has 2 atom stereocenters. The van der Waals surface area contributed by atoms with E-state index in [-0.39, 0.29) is 0 Å². The lowest BCUT2D eigenvalue weighted by Crippen LogP contribution is -2.34. The summed E-state index contributed by atoms with van der Waals surface area (Å²) in [6, 6.07) is 17.5. The Kier molecular flexibility index (Phi) is 5.99. The van der Waals surface area contributed by atoms with Crippen molar-refractivity contribution in [3.63, 3.8) is 0 Å². The van der Waals surface area contributed by atoms with Crippen LogP contribution in [0.2, 0.25) is 0 Å². The first-order valence-corrected chi connectivity index (χ1v) is 12.8. The lowest BCUT2D eigenvalue weighted by atomic mass is 9.80. The number of nitrogens with zero attached hydrogens (tertiary/aromatic N) is 2. The molecule has 0 aromatic heterocycles. The van der Waals surface area contributed by atoms with Crippen LogP contribution in [0.5, 0.6) is 0 Å². The van der Waals surface area contributed by atoms with Gasteiger partial charge >= 0.3 is 0 Å². The van der Waals surface area contributed by atoms with E-state index in [0.29, 0.717) is 12.0 Å². The van der Waals surface area contributed by atoms with Crippen molar-refractivity contribution in [2.45, 2.75) is 55.4 Å². The van der Waals surface area contributed by atoms with Crippen LogP contribution in [0.15, 0.2) is 47.4 Å². The van der Waals surface area contributed by atoms with E-state index < -0.39 is 0 Å². The summed E-state index contributed by atoms with van der Waals surface area (Å²) in [4.78, 5) is 6.77. The average Bonchev–Trinajstić information content (AvgIpc) is 3.27. The average molecular weight is 407 g/mol. The predicted octanol–water partition coefficient (Wildman–Crippen LogP) is 5.72. The van der Waals surface area contributed by atoms with Gasteiger partial charge in [0, 0.05) is 29.9 Å². The van der Waals surface area contributed by atoms with Crippen molar-refractivity contribution in [1.82, 2.24) is 9.80 Å². The first kappa shape index (κ1) is 19.7. The van der Waals surface area contributed by atoms with Crippen molar-refractivity contribution in [2.24, 2.45) is 0 Å². The van der Waals surface area contributed by atoms with E-state index in [9.17, 15) is 0 Å². The van der Waals surface area contributed by atoms with E-state index in [1.165, 1.54) is 87.3 Å². The fourth-order valence-corrected chi connectivity index (χ4v) is 6.11. The third kappa shape index (κ3) is 4.15. The van der Waals surface area contributed by atoms with Crippen molar-refractivity contribution < 1.29 is 0 Å². The molecular weight excluding hydrogens is 372 g/mol. The molecule has 0 N–H and O–H groups in total. The lowest BCUT2D eigenvalue weighted by molar-refractivity contribution is 0.228. The van der Waals surface area contributed by atoms with Crippen LogP contribution in [0, 0.1) is 0 Å². The minimum absolute atomic E-state index is 0.519. The maximum absolute atomic E-state index is 2.74. The third-order valence-corrected chi connectivity index (χ3v) is 8.09. The second-order valence-electron chi connectivity index (χ2n) is 9.09. The van der Waals surface area contributed by atoms with E-state index in [2.05, 4.69) is 58.5 Å². The minimum Gasteiger partial charge on any atom is -0.303 e. The molecule has 3 aliphatic heterocycles. The molecule has 3 aliphatic rings. The van der Waals surface area contributed by atoms with Crippen molar-refractivity contribution in [3.05, 3.63) is 64.7 Å². The Morgan fingerprint density at radius 3 is 2.52 bits per heavy atom. The minimum atomic E-state index is 0.519. The van der Waals surface area contributed by atoms with E-state index in [1.54, 1.807) is 11.1 Å². The molecule has 2 aromatic rings. The summed E-state index contributed by atoms with van der Waals surface area (Å²) >= 11 is 1.83. The summed E-state index contributed by atoms with van der Waals surface area (Å²) in [6.07, 6.45) is 10.2. The second kappa shape index (κ2) is 8.83. The van der Waals surface area contributed by atoms with Crippen LogP contribution in [0.1, 0.15) is 66.3 Å². The van der Waals surface area contributed by atoms with Crippen LogP contribution in [0.25, 0.3) is 0 Å². The molecule has 0 aliphatic carbocycles. The van der Waals surface area contributed by atoms with Crippen molar-refractivity contribution in [2.75, 3.05) is 39.0 Å². The molecule has 0 amide bonds. The molecule has 154 valence electrons. The second-order valence-corrected chi connectivity index (χ2v) is 9.97. The topological polar surface area (TPSA) is 6.48 Å². The molecule has 3 heteroatoms. The van der Waals surface area contributed by atoms with Gasteiger partial charge in [0.1, 0.15) is 0 Å². The monoisotopic (exact) mass is 406 g/mol. The first-order valence-electron chi connectivity index (χ1n) is 11.5. The molecule has 0 unspecified atom stereocenters. The van der Waals surface area contributed by atoms with Gasteiger partial charge in [-0.15, -0.1) is 11.8 Å². The third-order valence-electron chi connectivity index (χ3n) is 7.35. The van der Waals surface area contributed by atoms with E-state index >= 15 is 0 Å². The summed E-state index contributed by atoms with van der Waals surface area (Å²) in [5.41, 5.74) is 6.24. The Hall–Kier alpha value is -1.29. The molecule has 0 saturated carbocycles. The maximum Gasteiger partial charge on any atom is 0.0351 e. The van der Waals surface area contributed by atoms with Gasteiger partial charge in [0.05, 0.1) is 0 Å². The summed E-state index contributed by atoms with van der Waals surface area (Å²) in [5, 5.41) is 0. The van der Waals surface area contributed by atoms with Crippen molar-refractivity contribution >= 4 is 11.8 Å². The predicted molar refractivity (Wildman–Crippen MR) is 124 cm³/mol. The van der Waals surface area contributed by atoms with E-state index in [1.807, 2.05) is 11.8 Å². The molecule has 0 radical (unpaired) electrons. The van der Waals surface area contributed by atoms with Crippen LogP contribution in [0.4, 0.5) is 0 Å². The van der Waals surface area contributed by atoms with Crippen molar-refractivity contribution in [3.8, 4) is 0 Å². The molecule has 2 nitrogen and oxygen atoms in total. The van der Waals surface area contributed by atoms with Crippen LogP contribution >= 0.6 is 11.8 Å². The Balaban J connectivity index is 1.42. The van der Waals surface area contributed by atoms with Crippen molar-refractivity contribution in [1.29, 1.82) is 0 Å². The van der Waals surface area contributed by atoms with Crippen LogP contribution in [0.3, 0.4) is 0 Å². The maximum atomic E-state index is 2.74. The Morgan fingerprint density at radius 1 is 0.897 bits per heavy atom. The molecule has 5 rings (SSSR count). The molecule has 2 fully saturated rings. The molecule has 2 saturated heterocycles. The first-order chi connectivity index (χ1) is 14.3. The highest BCUT2D eigenvalue weighted by Gasteiger charge is 2.36. The Labute approximate surface area is 180 Å². The fourth-order valence-electron chi connectivity index (χ4n) is 5.71. The number of hydrogen-bond donors (Lipinski definition) is 0. The van der Waals surface area contributed by atoms with Crippen LogP contribution < -0.4 is 0 Å². The van der Waals surface area contributed by atoms with Gasteiger partial charge < -0.3 is 4.90 Å². The van der Waals surface area contributed by atoms with E-state index in [4.69, 9.17) is 0 Å². The van der Waals surface area contributed by atoms with Gasteiger partial charge in [-0.3, -0.25) is 4.90 Å². The number of benzene rings is 2. The van der Waals surface area contributed by atoms with Gasteiger partial charge in [-0.1, -0.05) is 36.8 Å². The summed E-state index contributed by atoms with van der Waals surface area (Å²) in [6.45, 7) is 6.27. The molecule has 29 heavy (non-hydrogen) atoms. The van der Waals surface area contributed by atoms with Gasteiger partial charge in [-0.2, -0.15) is 0 Å². The van der Waals surface area contributed by atoms with Gasteiger partial charge in [0.2, 0.25) is 0 Å². The molecule has 0 bridgehead atoms. The Bertz CT molecular complexity index is 825. The number of hydrogen-bond acceptors (Lipinski definition) is 3. The highest BCUT2D eigenvalue weighted by molar-refractivity contribution is 7.98. The van der Waals surface area contributed by atoms with Gasteiger partial charge in [0.25, 0.3) is 0 Å². The van der Waals surface area contributed by atoms with Gasteiger partial charge in [-0.05, 0) is 92.4 Å². The lowest BCUT2D eigenvalue weighted by Gasteiger charge is -2.38. The molecule has 0 spiro atoms. The number of likely N-dealkylation sites (tertiary alicyclic amines) is 1.